The van der Waals surface area contributed by atoms with Crippen molar-refractivity contribution < 1.29 is 4.84 Å². The van der Waals surface area contributed by atoms with E-state index in [1.165, 1.54) is 0 Å². The average molecular weight is 102 g/mol. The minimum atomic E-state index is -0.205. The minimum absolute atomic E-state index is 0.205. The van der Waals surface area contributed by atoms with Gasteiger partial charge in [-0.3, -0.25) is 10.2 Å². The quantitative estimate of drug-likeness (QED) is 0.244. The van der Waals surface area contributed by atoms with Crippen LogP contribution in [0.1, 0.15) is 0 Å². The van der Waals surface area contributed by atoms with Crippen LogP contribution in [0.2, 0.25) is 0 Å². The van der Waals surface area contributed by atoms with Crippen LogP contribution in [0.5, 0.6) is 0 Å². The first-order valence-corrected chi connectivity index (χ1v) is 1.78. The molecule has 0 aromatic heterocycles. The molecule has 4 heteroatoms. The maximum Gasteiger partial charge on any atom is 0.210 e. The molecule has 0 atom stereocenters. The van der Waals surface area contributed by atoms with Gasteiger partial charge in [0.25, 0.3) is 0 Å². The third-order valence-corrected chi connectivity index (χ3v) is 0.284. The molecule has 0 amide bonds. The lowest BCUT2D eigenvalue weighted by molar-refractivity contribution is 0.108. The van der Waals surface area contributed by atoms with Gasteiger partial charge in [-0.05, 0) is 6.92 Å². The SMILES string of the molecule is [CH2]CONC(=N)N. The normalized spacial score (nSPS) is 8.14. The summed E-state index contributed by atoms with van der Waals surface area (Å²) < 4.78 is 0. The Balaban J connectivity index is 2.82. The van der Waals surface area contributed by atoms with Crippen LogP contribution in [-0.4, -0.2) is 12.6 Å². The molecule has 7 heavy (non-hydrogen) atoms. The summed E-state index contributed by atoms with van der Waals surface area (Å²) >= 11 is 0. The summed E-state index contributed by atoms with van der Waals surface area (Å²) in [6.45, 7) is 3.58. The van der Waals surface area contributed by atoms with E-state index < -0.39 is 0 Å². The van der Waals surface area contributed by atoms with Crippen molar-refractivity contribution in [2.45, 2.75) is 0 Å². The number of nitrogens with one attached hydrogen (secondary N) is 2. The number of nitrogens with two attached hydrogens (primary N) is 1. The Morgan fingerprint density at radius 2 is 2.57 bits per heavy atom. The van der Waals surface area contributed by atoms with Crippen LogP contribution in [-0.2, 0) is 4.84 Å². The summed E-state index contributed by atoms with van der Waals surface area (Å²) in [5, 5.41) is 6.51. The molecule has 0 aliphatic rings. The lowest BCUT2D eigenvalue weighted by Crippen LogP contribution is -2.30. The first-order chi connectivity index (χ1) is 3.27. The smallest absolute Gasteiger partial charge is 0.210 e. The fourth-order valence-corrected chi connectivity index (χ4v) is 0.129. The Morgan fingerprint density at radius 1 is 2.00 bits per heavy atom. The van der Waals surface area contributed by atoms with Crippen molar-refractivity contribution in [1.29, 1.82) is 5.41 Å². The van der Waals surface area contributed by atoms with E-state index in [9.17, 15) is 0 Å². The highest BCUT2D eigenvalue weighted by Gasteiger charge is 1.78. The van der Waals surface area contributed by atoms with Gasteiger partial charge >= 0.3 is 0 Å². The van der Waals surface area contributed by atoms with Crippen LogP contribution >= 0.6 is 0 Å². The summed E-state index contributed by atoms with van der Waals surface area (Å²) in [7, 11) is 0. The van der Waals surface area contributed by atoms with E-state index in [1.54, 1.807) is 0 Å². The molecule has 0 bridgehead atoms. The lowest BCUT2D eigenvalue weighted by atomic mass is 10.9. The highest BCUT2D eigenvalue weighted by Crippen LogP contribution is 1.57. The first kappa shape index (κ1) is 6.23. The molecule has 0 unspecified atom stereocenters. The number of guanidine groups is 1. The largest absolute Gasteiger partial charge is 0.368 e. The molecular formula is C3H8N3O. The molecule has 0 spiro atoms. The number of hydrogen-bond acceptors (Lipinski definition) is 2. The average Bonchev–Trinajstić information content (AvgIpc) is 1.61. The number of rotatable bonds is 2. The summed E-state index contributed by atoms with van der Waals surface area (Å²) in [5.74, 6) is -0.205. The van der Waals surface area contributed by atoms with E-state index in [2.05, 4.69) is 17.2 Å². The molecule has 0 rings (SSSR count). The predicted octanol–water partition coefficient (Wildman–Crippen LogP) is -0.765. The van der Waals surface area contributed by atoms with Crippen molar-refractivity contribution in [2.24, 2.45) is 5.73 Å². The summed E-state index contributed by atoms with van der Waals surface area (Å²) in [6, 6.07) is 0. The Morgan fingerprint density at radius 3 is 2.71 bits per heavy atom. The zero-order valence-electron chi connectivity index (χ0n) is 3.90. The van der Waals surface area contributed by atoms with Gasteiger partial charge in [0.15, 0.2) is 0 Å². The van der Waals surface area contributed by atoms with Crippen molar-refractivity contribution in [3.8, 4) is 0 Å². The van der Waals surface area contributed by atoms with Gasteiger partial charge in [0.05, 0.1) is 6.61 Å². The van der Waals surface area contributed by atoms with E-state index in [1.807, 2.05) is 0 Å². The van der Waals surface area contributed by atoms with E-state index in [0.29, 0.717) is 0 Å². The van der Waals surface area contributed by atoms with Gasteiger partial charge in [-0.1, -0.05) is 0 Å². The Bertz CT molecular complexity index is 63.2. The summed E-state index contributed by atoms with van der Waals surface area (Å²) in [6.07, 6.45) is 0. The maximum absolute atomic E-state index is 6.51. The van der Waals surface area contributed by atoms with Crippen molar-refractivity contribution in [3.63, 3.8) is 0 Å². The van der Waals surface area contributed by atoms with Gasteiger partial charge in [0, 0.05) is 0 Å². The number of hydroxylamine groups is 1. The van der Waals surface area contributed by atoms with Crippen LogP contribution in [0, 0.1) is 12.3 Å². The van der Waals surface area contributed by atoms with E-state index in [-0.39, 0.29) is 12.6 Å². The standard InChI is InChI=1S/C3H8N3O/c1-2-7-6-3(4)5/h1-2H2,(H4,4,5,6). The minimum Gasteiger partial charge on any atom is -0.368 e. The lowest BCUT2D eigenvalue weighted by Gasteiger charge is -1.97. The number of hydrogen-bond donors (Lipinski definition) is 3. The Labute approximate surface area is 42.1 Å². The van der Waals surface area contributed by atoms with Crippen LogP contribution in [0.25, 0.3) is 0 Å². The molecule has 0 aliphatic heterocycles. The topological polar surface area (TPSA) is 71.1 Å². The zero-order valence-corrected chi connectivity index (χ0v) is 3.90. The van der Waals surface area contributed by atoms with Crippen LogP contribution in [0.4, 0.5) is 0 Å². The Kier molecular flexibility index (Phi) is 3.04. The third kappa shape index (κ3) is 5.23. The van der Waals surface area contributed by atoms with Gasteiger partial charge in [-0.15, -0.1) is 0 Å². The zero-order chi connectivity index (χ0) is 5.70. The molecule has 0 fully saturated rings. The second kappa shape index (κ2) is 3.42. The van der Waals surface area contributed by atoms with E-state index in [0.717, 1.165) is 0 Å². The van der Waals surface area contributed by atoms with Gasteiger partial charge < -0.3 is 5.73 Å². The van der Waals surface area contributed by atoms with Crippen molar-refractivity contribution in [3.05, 3.63) is 6.92 Å². The van der Waals surface area contributed by atoms with Gasteiger partial charge in [0.2, 0.25) is 5.96 Å². The second-order valence-corrected chi connectivity index (χ2v) is 0.864. The molecule has 41 valence electrons. The van der Waals surface area contributed by atoms with Gasteiger partial charge in [0.1, 0.15) is 0 Å². The van der Waals surface area contributed by atoms with E-state index >= 15 is 0 Å². The highest BCUT2D eigenvalue weighted by molar-refractivity contribution is 5.72. The first-order valence-electron chi connectivity index (χ1n) is 1.78. The summed E-state index contributed by atoms with van der Waals surface area (Å²) in [4.78, 5) is 4.38. The molecule has 4 N–H and O–H groups in total. The Hall–Kier alpha value is -0.770. The highest BCUT2D eigenvalue weighted by atomic mass is 16.6. The fraction of sp³-hybridized carbons (Fsp3) is 0.333. The third-order valence-electron chi connectivity index (χ3n) is 0.284. The molecule has 0 aromatic carbocycles. The van der Waals surface area contributed by atoms with Gasteiger partial charge in [-0.2, -0.15) is 0 Å². The van der Waals surface area contributed by atoms with Crippen LogP contribution in [0.3, 0.4) is 0 Å². The molecule has 0 saturated heterocycles. The molecular weight excluding hydrogens is 94.1 g/mol. The maximum atomic E-state index is 6.51. The molecule has 4 nitrogen and oxygen atoms in total. The van der Waals surface area contributed by atoms with Crippen molar-refractivity contribution >= 4 is 5.96 Å². The second-order valence-electron chi connectivity index (χ2n) is 0.864. The monoisotopic (exact) mass is 102 g/mol. The summed E-state index contributed by atoms with van der Waals surface area (Å²) in [5.41, 5.74) is 6.89. The molecule has 1 radical (unpaired) electrons. The molecule has 0 aliphatic carbocycles. The van der Waals surface area contributed by atoms with Gasteiger partial charge in [-0.25, -0.2) is 5.48 Å². The molecule has 0 saturated carbocycles. The molecule has 0 aromatic rings. The molecule has 0 heterocycles. The van der Waals surface area contributed by atoms with Crippen molar-refractivity contribution in [1.82, 2.24) is 5.48 Å². The van der Waals surface area contributed by atoms with Crippen molar-refractivity contribution in [2.75, 3.05) is 6.61 Å². The van der Waals surface area contributed by atoms with Crippen LogP contribution in [0.15, 0.2) is 0 Å². The fourth-order valence-electron chi connectivity index (χ4n) is 0.129. The predicted molar refractivity (Wildman–Crippen MR) is 26.4 cm³/mol. The van der Waals surface area contributed by atoms with Crippen LogP contribution < -0.4 is 11.2 Å². The van der Waals surface area contributed by atoms with E-state index in [4.69, 9.17) is 11.1 Å².